The summed E-state index contributed by atoms with van der Waals surface area (Å²) in [5.41, 5.74) is 2.69. The fraction of sp³-hybridized carbons (Fsp3) is 0.200. The highest BCUT2D eigenvalue weighted by Gasteiger charge is 2.16. The summed E-state index contributed by atoms with van der Waals surface area (Å²) in [5, 5.41) is 13.0. The van der Waals surface area contributed by atoms with Crippen molar-refractivity contribution in [3.05, 3.63) is 72.1 Å². The number of rotatable bonds is 8. The average Bonchev–Trinajstić information content (AvgIpc) is 3.18. The van der Waals surface area contributed by atoms with Gasteiger partial charge in [-0.2, -0.15) is 9.19 Å². The highest BCUT2D eigenvalue weighted by molar-refractivity contribution is 7.89. The predicted molar refractivity (Wildman–Crippen MR) is 105 cm³/mol. The van der Waals surface area contributed by atoms with Gasteiger partial charge in [0.15, 0.2) is 0 Å². The smallest absolute Gasteiger partial charge is 0.307 e. The highest BCUT2D eigenvalue weighted by Crippen LogP contribution is 2.32. The monoisotopic (exact) mass is 400 g/mol. The van der Waals surface area contributed by atoms with E-state index in [9.17, 15) is 13.2 Å². The Bertz CT molecular complexity index is 1070. The van der Waals surface area contributed by atoms with Crippen LogP contribution in [0, 0.1) is 0 Å². The van der Waals surface area contributed by atoms with E-state index in [1.807, 2.05) is 30.3 Å². The van der Waals surface area contributed by atoms with Crippen molar-refractivity contribution in [1.29, 1.82) is 0 Å². The molecule has 0 aliphatic heterocycles. The third-order valence-corrected chi connectivity index (χ3v) is 5.66. The van der Waals surface area contributed by atoms with E-state index in [-0.39, 0.29) is 12.2 Å². The lowest BCUT2D eigenvalue weighted by atomic mass is 10.0. The first-order valence-corrected chi connectivity index (χ1v) is 10.3. The largest absolute Gasteiger partial charge is 0.488 e. The Morgan fingerprint density at radius 2 is 1.89 bits per heavy atom. The zero-order chi connectivity index (χ0) is 20.1. The second-order valence-electron chi connectivity index (χ2n) is 6.18. The van der Waals surface area contributed by atoms with Crippen LogP contribution in [0.4, 0.5) is 0 Å². The standard InChI is InChI=1S/C20H20N2O5S/c1-2-28(25,26)22-13-17(12-21-22)18-10-16(11-20(23)24)8-9-19(18)27-14-15-6-4-3-5-7-15/h3-10,12-13H,2,11,14H2,1H3,(H,23,24). The van der Waals surface area contributed by atoms with Crippen molar-refractivity contribution in [2.75, 3.05) is 5.75 Å². The summed E-state index contributed by atoms with van der Waals surface area (Å²) in [5.74, 6) is -0.510. The molecular formula is C20H20N2O5S. The third-order valence-electron chi connectivity index (χ3n) is 4.16. The van der Waals surface area contributed by atoms with Gasteiger partial charge in [0.2, 0.25) is 0 Å². The molecule has 0 amide bonds. The molecule has 0 radical (unpaired) electrons. The van der Waals surface area contributed by atoms with Crippen molar-refractivity contribution >= 4 is 16.0 Å². The van der Waals surface area contributed by atoms with Crippen LogP contribution in [0.15, 0.2) is 60.9 Å². The molecule has 2 aromatic carbocycles. The number of ether oxygens (including phenoxy) is 1. The van der Waals surface area contributed by atoms with E-state index in [1.165, 1.54) is 12.4 Å². The van der Waals surface area contributed by atoms with Gasteiger partial charge in [0.25, 0.3) is 10.0 Å². The molecule has 8 heteroatoms. The lowest BCUT2D eigenvalue weighted by molar-refractivity contribution is -0.136. The summed E-state index contributed by atoms with van der Waals surface area (Å²) in [6, 6.07) is 14.7. The van der Waals surface area contributed by atoms with Gasteiger partial charge in [-0.25, -0.2) is 8.42 Å². The van der Waals surface area contributed by atoms with Crippen molar-refractivity contribution in [1.82, 2.24) is 9.19 Å². The van der Waals surface area contributed by atoms with Crippen molar-refractivity contribution in [3.8, 4) is 16.9 Å². The topological polar surface area (TPSA) is 98.5 Å². The van der Waals surface area contributed by atoms with Crippen LogP contribution in [0.2, 0.25) is 0 Å². The SMILES string of the molecule is CCS(=O)(=O)n1cc(-c2cc(CC(=O)O)ccc2OCc2ccccc2)cn1. The number of hydrogen-bond donors (Lipinski definition) is 1. The molecule has 0 saturated carbocycles. The van der Waals surface area contributed by atoms with Gasteiger partial charge in [-0.05, 0) is 30.2 Å². The van der Waals surface area contributed by atoms with Crippen LogP contribution in [0.1, 0.15) is 18.1 Å². The number of benzene rings is 2. The Morgan fingerprint density at radius 1 is 1.14 bits per heavy atom. The highest BCUT2D eigenvalue weighted by atomic mass is 32.2. The van der Waals surface area contributed by atoms with Gasteiger partial charge in [-0.1, -0.05) is 36.4 Å². The van der Waals surface area contributed by atoms with Crippen LogP contribution in [0.25, 0.3) is 11.1 Å². The number of hydrogen-bond acceptors (Lipinski definition) is 5. The maximum absolute atomic E-state index is 12.0. The lowest BCUT2D eigenvalue weighted by Crippen LogP contribution is -2.14. The first kappa shape index (κ1) is 19.6. The Labute approximate surface area is 163 Å². The van der Waals surface area contributed by atoms with E-state index in [2.05, 4.69) is 5.10 Å². The van der Waals surface area contributed by atoms with Crippen LogP contribution >= 0.6 is 0 Å². The minimum atomic E-state index is -3.51. The second kappa shape index (κ2) is 8.26. The van der Waals surface area contributed by atoms with Crippen molar-refractivity contribution < 1.29 is 23.1 Å². The van der Waals surface area contributed by atoms with Crippen LogP contribution in [0.3, 0.4) is 0 Å². The molecule has 0 aliphatic carbocycles. The zero-order valence-electron chi connectivity index (χ0n) is 15.3. The fourth-order valence-corrected chi connectivity index (χ4v) is 3.41. The molecule has 0 spiro atoms. The summed E-state index contributed by atoms with van der Waals surface area (Å²) in [6.45, 7) is 1.87. The molecule has 28 heavy (non-hydrogen) atoms. The fourth-order valence-electron chi connectivity index (χ4n) is 2.68. The van der Waals surface area contributed by atoms with Crippen LogP contribution < -0.4 is 4.74 Å². The van der Waals surface area contributed by atoms with E-state index in [0.29, 0.717) is 29.0 Å². The Kier molecular flexibility index (Phi) is 5.79. The third kappa shape index (κ3) is 4.58. The molecule has 3 aromatic rings. The number of carbonyl (C=O) groups is 1. The number of carboxylic acids is 1. The molecule has 0 bridgehead atoms. The molecule has 1 N–H and O–H groups in total. The summed E-state index contributed by atoms with van der Waals surface area (Å²) in [4.78, 5) is 11.1. The summed E-state index contributed by atoms with van der Waals surface area (Å²) < 4.78 is 30.9. The van der Waals surface area contributed by atoms with E-state index in [1.54, 1.807) is 25.1 Å². The molecule has 3 rings (SSSR count). The maximum Gasteiger partial charge on any atom is 0.307 e. The minimum Gasteiger partial charge on any atom is -0.488 e. The lowest BCUT2D eigenvalue weighted by Gasteiger charge is -2.12. The van der Waals surface area contributed by atoms with Crippen molar-refractivity contribution in [2.24, 2.45) is 0 Å². The average molecular weight is 400 g/mol. The van der Waals surface area contributed by atoms with Crippen molar-refractivity contribution in [2.45, 2.75) is 20.0 Å². The molecule has 146 valence electrons. The van der Waals surface area contributed by atoms with Gasteiger partial charge in [-0.15, -0.1) is 0 Å². The second-order valence-corrected chi connectivity index (χ2v) is 8.29. The number of nitrogens with zero attached hydrogens (tertiary/aromatic N) is 2. The van der Waals surface area contributed by atoms with Crippen LogP contribution in [0.5, 0.6) is 5.75 Å². The number of aromatic nitrogens is 2. The Morgan fingerprint density at radius 3 is 2.57 bits per heavy atom. The van der Waals surface area contributed by atoms with Crippen molar-refractivity contribution in [3.63, 3.8) is 0 Å². The summed E-state index contributed by atoms with van der Waals surface area (Å²) in [6.07, 6.45) is 2.70. The van der Waals surface area contributed by atoms with E-state index in [4.69, 9.17) is 9.84 Å². The first-order valence-electron chi connectivity index (χ1n) is 8.69. The summed E-state index contributed by atoms with van der Waals surface area (Å²) >= 11 is 0. The molecule has 7 nitrogen and oxygen atoms in total. The quantitative estimate of drug-likeness (QED) is 0.624. The van der Waals surface area contributed by atoms with Gasteiger partial charge in [0.1, 0.15) is 12.4 Å². The number of carboxylic acid groups (broad SMARTS) is 1. The van der Waals surface area contributed by atoms with Gasteiger partial charge >= 0.3 is 5.97 Å². The van der Waals surface area contributed by atoms with Gasteiger partial charge in [-0.3, -0.25) is 4.79 Å². The van der Waals surface area contributed by atoms with Gasteiger partial charge in [0.05, 0.1) is 24.6 Å². The zero-order valence-corrected chi connectivity index (χ0v) is 16.1. The van der Waals surface area contributed by atoms with E-state index < -0.39 is 16.0 Å². The first-order chi connectivity index (χ1) is 13.4. The van der Waals surface area contributed by atoms with Crippen LogP contribution in [-0.4, -0.2) is 34.4 Å². The van der Waals surface area contributed by atoms with Crippen LogP contribution in [-0.2, 0) is 27.8 Å². The normalized spacial score (nSPS) is 11.3. The maximum atomic E-state index is 12.0. The van der Waals surface area contributed by atoms with Gasteiger partial charge in [0, 0.05) is 11.1 Å². The molecule has 1 aromatic heterocycles. The Balaban J connectivity index is 1.97. The number of aliphatic carboxylic acids is 1. The minimum absolute atomic E-state index is 0.0788. The molecule has 0 saturated heterocycles. The van der Waals surface area contributed by atoms with E-state index in [0.717, 1.165) is 9.65 Å². The van der Waals surface area contributed by atoms with Gasteiger partial charge < -0.3 is 9.84 Å². The molecule has 0 aliphatic rings. The molecular weight excluding hydrogens is 380 g/mol. The molecule has 0 atom stereocenters. The molecule has 1 heterocycles. The predicted octanol–water partition coefficient (Wildman–Crippen LogP) is 2.95. The van der Waals surface area contributed by atoms with E-state index >= 15 is 0 Å². The molecule has 0 unspecified atom stereocenters. The molecule has 0 fully saturated rings. The Hall–Kier alpha value is -3.13. The summed E-state index contributed by atoms with van der Waals surface area (Å²) in [7, 11) is -3.51.